The second-order valence-electron chi connectivity index (χ2n) is 12.6. The first kappa shape index (κ1) is 25.9. The molecular weight excluding hydrogens is 548 g/mol. The second kappa shape index (κ2) is 10.8. The van der Waals surface area contributed by atoms with E-state index in [1.165, 1.54) is 107 Å². The Morgan fingerprint density at radius 3 is 2.59 bits per heavy atom. The van der Waals surface area contributed by atoms with Crippen molar-refractivity contribution in [2.24, 2.45) is 5.92 Å². The van der Waals surface area contributed by atoms with Gasteiger partial charge in [0.05, 0.1) is 22.0 Å². The Balaban J connectivity index is 1.15. The van der Waals surface area contributed by atoms with Gasteiger partial charge in [-0.2, -0.15) is 4.98 Å². The lowest BCUT2D eigenvalue weighted by Crippen LogP contribution is -2.34. The second-order valence-corrected chi connectivity index (χ2v) is 13.4. The summed E-state index contributed by atoms with van der Waals surface area (Å²) in [4.78, 5) is 20.8. The van der Waals surface area contributed by atoms with Crippen LogP contribution in [0.1, 0.15) is 93.5 Å². The predicted molar refractivity (Wildman–Crippen MR) is 162 cm³/mol. The van der Waals surface area contributed by atoms with Gasteiger partial charge in [-0.25, -0.2) is 0 Å². The highest BCUT2D eigenvalue weighted by atomic mass is 79.9. The quantitative estimate of drug-likeness (QED) is 0.361. The van der Waals surface area contributed by atoms with E-state index in [1.54, 1.807) is 0 Å². The Morgan fingerprint density at radius 2 is 1.79 bits per heavy atom. The maximum absolute atomic E-state index is 13.3. The maximum atomic E-state index is 13.3. The van der Waals surface area contributed by atoms with Gasteiger partial charge in [0.15, 0.2) is 0 Å². The minimum Gasteiger partial charge on any atom is -0.317 e. The van der Waals surface area contributed by atoms with Crippen molar-refractivity contribution < 1.29 is 0 Å². The van der Waals surface area contributed by atoms with E-state index in [9.17, 15) is 4.79 Å². The molecule has 1 saturated carbocycles. The molecule has 0 atom stereocenters. The minimum absolute atomic E-state index is 0.103. The Hall–Kier alpha value is -2.02. The molecular formula is C33H41BrN4O. The molecule has 1 N–H and O–H groups in total. The Labute approximate surface area is 240 Å². The summed E-state index contributed by atoms with van der Waals surface area (Å²) in [6, 6.07) is 13.4. The van der Waals surface area contributed by atoms with E-state index in [1.807, 2.05) is 6.07 Å². The number of halogens is 1. The fourth-order valence-electron chi connectivity index (χ4n) is 8.22. The molecule has 5 nitrogen and oxygen atoms in total. The number of benzene rings is 2. The summed E-state index contributed by atoms with van der Waals surface area (Å²) in [5, 5.41) is 4.19. The van der Waals surface area contributed by atoms with Crippen molar-refractivity contribution in [1.82, 2.24) is 19.8 Å². The summed E-state index contributed by atoms with van der Waals surface area (Å²) in [5.41, 5.74) is 4.88. The van der Waals surface area contributed by atoms with Crippen LogP contribution in [0.15, 0.2) is 45.7 Å². The topological polar surface area (TPSA) is 50.2 Å². The lowest BCUT2D eigenvalue weighted by Gasteiger charge is -2.34. The fraction of sp³-hybridized carbons (Fsp3) is 0.576. The zero-order chi connectivity index (χ0) is 26.4. The molecule has 39 heavy (non-hydrogen) atoms. The van der Waals surface area contributed by atoms with Crippen LogP contribution in [0.25, 0.3) is 16.6 Å². The number of nitrogens with zero attached hydrogens (tertiary/aromatic N) is 3. The zero-order valence-electron chi connectivity index (χ0n) is 23.1. The first-order valence-electron chi connectivity index (χ1n) is 15.4. The molecule has 2 saturated heterocycles. The van der Waals surface area contributed by atoms with Gasteiger partial charge in [-0.3, -0.25) is 9.36 Å². The average Bonchev–Trinajstić information content (AvgIpc) is 3.22. The lowest BCUT2D eigenvalue weighted by molar-refractivity contribution is 0.201. The van der Waals surface area contributed by atoms with E-state index < -0.39 is 0 Å². The van der Waals surface area contributed by atoms with Crippen molar-refractivity contribution in [3.05, 3.63) is 68.2 Å². The number of likely N-dealkylation sites (tertiary alicyclic amines) is 1. The van der Waals surface area contributed by atoms with Crippen LogP contribution in [0, 0.1) is 5.92 Å². The predicted octanol–water partition coefficient (Wildman–Crippen LogP) is 6.67. The van der Waals surface area contributed by atoms with Crippen LogP contribution in [-0.4, -0.2) is 47.2 Å². The van der Waals surface area contributed by atoms with Crippen LogP contribution >= 0.6 is 15.9 Å². The highest BCUT2D eigenvalue weighted by molar-refractivity contribution is 9.10. The van der Waals surface area contributed by atoms with Gasteiger partial charge in [-0.15, -0.1) is 0 Å². The van der Waals surface area contributed by atoms with Gasteiger partial charge < -0.3 is 10.2 Å². The summed E-state index contributed by atoms with van der Waals surface area (Å²) in [5.74, 6) is 2.52. The summed E-state index contributed by atoms with van der Waals surface area (Å²) in [7, 11) is 0. The minimum atomic E-state index is -0.125. The molecule has 3 aromatic rings. The molecule has 7 rings (SSSR count). The Morgan fingerprint density at radius 1 is 1.00 bits per heavy atom. The number of rotatable bonds is 5. The molecule has 0 radical (unpaired) electrons. The van der Waals surface area contributed by atoms with Crippen molar-refractivity contribution in [3.63, 3.8) is 0 Å². The first-order chi connectivity index (χ1) is 19.1. The number of piperidine rings is 2. The van der Waals surface area contributed by atoms with Crippen LogP contribution in [0.5, 0.6) is 0 Å². The van der Waals surface area contributed by atoms with Crippen LogP contribution < -0.4 is 10.9 Å². The number of aromatic nitrogens is 2. The summed E-state index contributed by atoms with van der Waals surface area (Å²) < 4.78 is 3.18. The molecule has 1 aromatic heterocycles. The maximum Gasteiger partial charge on any atom is 0.281 e. The van der Waals surface area contributed by atoms with Crippen molar-refractivity contribution >= 4 is 26.8 Å². The fourth-order valence-corrected chi connectivity index (χ4v) is 8.74. The van der Waals surface area contributed by atoms with Gasteiger partial charge in [0.2, 0.25) is 0 Å². The average molecular weight is 590 g/mol. The van der Waals surface area contributed by atoms with Crippen LogP contribution in [0.4, 0.5) is 0 Å². The van der Waals surface area contributed by atoms with Crippen LogP contribution in [-0.2, 0) is 5.41 Å². The molecule has 1 aliphatic carbocycles. The van der Waals surface area contributed by atoms with Gasteiger partial charge >= 0.3 is 0 Å². The molecule has 3 fully saturated rings. The largest absolute Gasteiger partial charge is 0.317 e. The monoisotopic (exact) mass is 588 g/mol. The molecule has 6 heteroatoms. The third kappa shape index (κ3) is 4.61. The molecule has 3 aliphatic heterocycles. The summed E-state index contributed by atoms with van der Waals surface area (Å²) >= 11 is 3.65. The van der Waals surface area contributed by atoms with E-state index in [0.29, 0.717) is 11.3 Å². The van der Waals surface area contributed by atoms with Gasteiger partial charge in [-0.1, -0.05) is 37.5 Å². The first-order valence-corrected chi connectivity index (χ1v) is 16.2. The molecule has 2 aromatic carbocycles. The normalized spacial score (nSPS) is 21.9. The van der Waals surface area contributed by atoms with Gasteiger partial charge in [0, 0.05) is 4.47 Å². The van der Waals surface area contributed by atoms with E-state index in [0.717, 1.165) is 34.6 Å². The van der Waals surface area contributed by atoms with Crippen LogP contribution in [0.3, 0.4) is 0 Å². The number of fused-ring (bicyclic) bond motifs is 7. The number of nitrogens with one attached hydrogen (secondary N) is 1. The number of hydrogen-bond acceptors (Lipinski definition) is 4. The van der Waals surface area contributed by atoms with Gasteiger partial charge in [0.25, 0.3) is 5.56 Å². The zero-order valence-corrected chi connectivity index (χ0v) is 24.6. The highest BCUT2D eigenvalue weighted by Crippen LogP contribution is 2.52. The number of hydrogen-bond donors (Lipinski definition) is 1. The van der Waals surface area contributed by atoms with Crippen molar-refractivity contribution in [2.45, 2.75) is 82.0 Å². The molecule has 206 valence electrons. The SMILES string of the molecule is O=c1nc2n(c3cccc(Br)c13)-c1cc(C3CCN(CCCC4CCNCC4)CC3)ccc1C21CCCCC1. The molecule has 4 heterocycles. The van der Waals surface area contributed by atoms with E-state index >= 15 is 0 Å². The highest BCUT2D eigenvalue weighted by Gasteiger charge is 2.46. The Bertz CT molecular complexity index is 1410. The summed E-state index contributed by atoms with van der Waals surface area (Å²) in [6.07, 6.45) is 13.8. The van der Waals surface area contributed by atoms with Crippen LogP contribution in [0.2, 0.25) is 0 Å². The van der Waals surface area contributed by atoms with E-state index in [2.05, 4.69) is 61.0 Å². The lowest BCUT2D eigenvalue weighted by atomic mass is 9.69. The molecule has 1 spiro atoms. The third-order valence-electron chi connectivity index (χ3n) is 10.4. The molecule has 0 unspecified atom stereocenters. The summed E-state index contributed by atoms with van der Waals surface area (Å²) in [6.45, 7) is 6.09. The standard InChI is InChI=1S/C33H41BrN4O/c34-27-7-4-8-28-30(27)31(39)36-32-33(15-2-1-3-16-33)26-10-9-25(22-29(26)38(28)32)24-13-20-37(21-14-24)19-5-6-23-11-17-35-18-12-23/h4,7-10,22-24,35H,1-3,5-6,11-21H2. The molecule has 0 amide bonds. The van der Waals surface area contributed by atoms with E-state index in [-0.39, 0.29) is 11.0 Å². The van der Waals surface area contributed by atoms with Crippen molar-refractivity contribution in [1.29, 1.82) is 0 Å². The third-order valence-corrected chi connectivity index (χ3v) is 11.0. The van der Waals surface area contributed by atoms with E-state index in [4.69, 9.17) is 4.98 Å². The Kier molecular flexibility index (Phi) is 7.15. The molecule has 0 bridgehead atoms. The van der Waals surface area contributed by atoms with Gasteiger partial charge in [-0.05, 0) is 141 Å². The van der Waals surface area contributed by atoms with Crippen molar-refractivity contribution in [2.75, 3.05) is 32.7 Å². The van der Waals surface area contributed by atoms with Gasteiger partial charge in [0.1, 0.15) is 5.82 Å². The molecule has 4 aliphatic rings. The smallest absolute Gasteiger partial charge is 0.281 e. The van der Waals surface area contributed by atoms with Crippen molar-refractivity contribution in [3.8, 4) is 5.69 Å².